The van der Waals surface area contributed by atoms with Crippen molar-refractivity contribution in [2.24, 2.45) is 0 Å². The molecule has 100 valence electrons. The average Bonchev–Trinajstić information content (AvgIpc) is 2.50. The molecule has 0 radical (unpaired) electrons. The fourth-order valence-electron chi connectivity index (χ4n) is 1.35. The van der Waals surface area contributed by atoms with Crippen LogP contribution in [0.5, 0.6) is 0 Å². The summed E-state index contributed by atoms with van der Waals surface area (Å²) >= 11 is 0. The molecule has 0 saturated heterocycles. The zero-order chi connectivity index (χ0) is 15.2. The molecule has 0 aliphatic heterocycles. The van der Waals surface area contributed by atoms with Crippen LogP contribution in [0.2, 0.25) is 0 Å². The molecule has 2 aromatic rings. The van der Waals surface area contributed by atoms with Crippen LogP contribution < -0.4 is 0 Å². The summed E-state index contributed by atoms with van der Waals surface area (Å²) in [7, 11) is 0. The van der Waals surface area contributed by atoms with Gasteiger partial charge in [-0.3, -0.25) is 4.79 Å². The van der Waals surface area contributed by atoms with Gasteiger partial charge in [-0.2, -0.15) is 0 Å². The lowest BCUT2D eigenvalue weighted by Crippen LogP contribution is -1.99. The number of ketones is 1. The van der Waals surface area contributed by atoms with Crippen molar-refractivity contribution in [3.8, 4) is 0 Å². The molecule has 0 atom stereocenters. The molecule has 5 heteroatoms. The Morgan fingerprint density at radius 2 is 0.950 bits per heavy atom. The summed E-state index contributed by atoms with van der Waals surface area (Å²) in [5, 5.41) is 10.8. The minimum atomic E-state index is 0.0752. The molecule has 0 unspecified atom stereocenters. The SMILES string of the molecule is N=C=O.N=C=O.O=C(c1ccccc1)c1ccccc1. The van der Waals surface area contributed by atoms with E-state index in [1.165, 1.54) is 0 Å². The van der Waals surface area contributed by atoms with Crippen LogP contribution in [0, 0.1) is 10.8 Å². The number of hydrogen-bond donors (Lipinski definition) is 2. The molecular weight excluding hydrogens is 256 g/mol. The summed E-state index contributed by atoms with van der Waals surface area (Å²) in [5.41, 5.74) is 1.47. The van der Waals surface area contributed by atoms with Gasteiger partial charge in [-0.25, -0.2) is 20.4 Å². The molecule has 2 N–H and O–H groups in total. The van der Waals surface area contributed by atoms with E-state index >= 15 is 0 Å². The summed E-state index contributed by atoms with van der Waals surface area (Å²) in [6.45, 7) is 0. The quantitative estimate of drug-likeness (QED) is 0.497. The fraction of sp³-hybridized carbons (Fsp3) is 0. The normalized spacial score (nSPS) is 7.60. The minimum absolute atomic E-state index is 0.0752. The molecular formula is C15H12N2O3. The Balaban J connectivity index is 0.000000520. The van der Waals surface area contributed by atoms with E-state index in [2.05, 4.69) is 0 Å². The molecule has 5 nitrogen and oxygen atoms in total. The van der Waals surface area contributed by atoms with Crippen molar-refractivity contribution in [1.82, 2.24) is 0 Å². The third kappa shape index (κ3) is 6.57. The van der Waals surface area contributed by atoms with Gasteiger partial charge in [0, 0.05) is 11.1 Å². The van der Waals surface area contributed by atoms with E-state index in [1.54, 1.807) is 0 Å². The highest BCUT2D eigenvalue weighted by molar-refractivity contribution is 6.08. The number of rotatable bonds is 2. The lowest BCUT2D eigenvalue weighted by Gasteiger charge is -1.99. The predicted octanol–water partition coefficient (Wildman–Crippen LogP) is 2.72. The van der Waals surface area contributed by atoms with Gasteiger partial charge >= 0.3 is 0 Å². The van der Waals surface area contributed by atoms with Crippen molar-refractivity contribution in [2.75, 3.05) is 0 Å². The van der Waals surface area contributed by atoms with E-state index in [4.69, 9.17) is 20.4 Å². The third-order valence-electron chi connectivity index (χ3n) is 2.07. The van der Waals surface area contributed by atoms with Crippen molar-refractivity contribution in [2.45, 2.75) is 0 Å². The van der Waals surface area contributed by atoms with Crippen LogP contribution in [0.1, 0.15) is 15.9 Å². The Hall–Kier alpha value is -3.13. The molecule has 20 heavy (non-hydrogen) atoms. The van der Waals surface area contributed by atoms with E-state index in [9.17, 15) is 4.79 Å². The molecule has 0 amide bonds. The van der Waals surface area contributed by atoms with Crippen LogP contribution in [0.3, 0.4) is 0 Å². The fourth-order valence-corrected chi connectivity index (χ4v) is 1.35. The van der Waals surface area contributed by atoms with Crippen molar-refractivity contribution >= 4 is 17.9 Å². The van der Waals surface area contributed by atoms with Crippen molar-refractivity contribution in [1.29, 1.82) is 10.8 Å². The van der Waals surface area contributed by atoms with E-state index in [-0.39, 0.29) is 5.78 Å². The number of benzene rings is 2. The van der Waals surface area contributed by atoms with Gasteiger partial charge in [0.05, 0.1) is 0 Å². The van der Waals surface area contributed by atoms with Gasteiger partial charge in [-0.1, -0.05) is 60.7 Å². The molecule has 0 fully saturated rings. The summed E-state index contributed by atoms with van der Waals surface area (Å²) in [4.78, 5) is 28.5. The van der Waals surface area contributed by atoms with Crippen molar-refractivity contribution in [3.63, 3.8) is 0 Å². The Morgan fingerprint density at radius 3 is 1.20 bits per heavy atom. The minimum Gasteiger partial charge on any atom is -0.289 e. The Morgan fingerprint density at radius 1 is 0.700 bits per heavy atom. The lowest BCUT2D eigenvalue weighted by atomic mass is 10.0. The first-order valence-corrected chi connectivity index (χ1v) is 5.43. The van der Waals surface area contributed by atoms with Gasteiger partial charge < -0.3 is 0 Å². The summed E-state index contributed by atoms with van der Waals surface area (Å²) in [6, 6.07) is 18.6. The zero-order valence-corrected chi connectivity index (χ0v) is 10.5. The maximum Gasteiger partial charge on any atom is 0.231 e. The van der Waals surface area contributed by atoms with E-state index in [0.717, 1.165) is 23.3 Å². The Labute approximate surface area is 115 Å². The molecule has 0 aliphatic rings. The van der Waals surface area contributed by atoms with Crippen LogP contribution in [0.25, 0.3) is 0 Å². The highest BCUT2D eigenvalue weighted by Gasteiger charge is 2.06. The van der Waals surface area contributed by atoms with Gasteiger partial charge in [0.15, 0.2) is 5.78 Å². The Bertz CT molecular complexity index is 530. The lowest BCUT2D eigenvalue weighted by molar-refractivity contribution is 0.103. The molecule has 2 aromatic carbocycles. The average molecular weight is 268 g/mol. The molecule has 2 rings (SSSR count). The maximum atomic E-state index is 11.8. The molecule has 0 saturated carbocycles. The van der Waals surface area contributed by atoms with Gasteiger partial charge in [0.2, 0.25) is 12.2 Å². The highest BCUT2D eigenvalue weighted by atomic mass is 16.1. The van der Waals surface area contributed by atoms with E-state index in [1.807, 2.05) is 60.7 Å². The van der Waals surface area contributed by atoms with Crippen LogP contribution in [-0.2, 0) is 9.59 Å². The predicted molar refractivity (Wildman–Crippen MR) is 73.1 cm³/mol. The molecule has 0 heterocycles. The number of hydrogen-bond acceptors (Lipinski definition) is 5. The van der Waals surface area contributed by atoms with Gasteiger partial charge in [0.1, 0.15) is 0 Å². The van der Waals surface area contributed by atoms with Crippen molar-refractivity contribution < 1.29 is 14.4 Å². The molecule has 0 spiro atoms. The second-order valence-electron chi connectivity index (χ2n) is 3.27. The number of isocyanates is 2. The van der Waals surface area contributed by atoms with Crippen LogP contribution >= 0.6 is 0 Å². The zero-order valence-electron chi connectivity index (χ0n) is 10.5. The summed E-state index contributed by atoms with van der Waals surface area (Å²) in [5.74, 6) is 0.0752. The maximum absolute atomic E-state index is 11.8. The monoisotopic (exact) mass is 268 g/mol. The standard InChI is InChI=1S/C13H10O.2CHNO/c14-13(11-7-3-1-4-8-11)12-9-5-2-6-10-12;2*2-1-3/h1-10H;2*2H. The number of carbonyl (C=O) groups excluding carboxylic acids is 3. The smallest absolute Gasteiger partial charge is 0.231 e. The van der Waals surface area contributed by atoms with Crippen LogP contribution in [-0.4, -0.2) is 17.9 Å². The van der Waals surface area contributed by atoms with Crippen LogP contribution in [0.15, 0.2) is 60.7 Å². The first kappa shape index (κ1) is 16.9. The van der Waals surface area contributed by atoms with Gasteiger partial charge in [-0.05, 0) is 0 Å². The number of nitrogens with one attached hydrogen (secondary N) is 2. The van der Waals surface area contributed by atoms with Crippen LogP contribution in [0.4, 0.5) is 0 Å². The second-order valence-corrected chi connectivity index (χ2v) is 3.27. The number of carbonyl (C=O) groups is 1. The van der Waals surface area contributed by atoms with Gasteiger partial charge in [0.25, 0.3) is 0 Å². The first-order chi connectivity index (χ1) is 9.71. The largest absolute Gasteiger partial charge is 0.289 e. The Kier molecular flexibility index (Phi) is 9.27. The van der Waals surface area contributed by atoms with Gasteiger partial charge in [-0.15, -0.1) is 0 Å². The summed E-state index contributed by atoms with van der Waals surface area (Å²) in [6.07, 6.45) is 1.50. The second kappa shape index (κ2) is 11.0. The molecule has 0 aromatic heterocycles. The first-order valence-electron chi connectivity index (χ1n) is 5.43. The topological polar surface area (TPSA) is 98.9 Å². The third-order valence-corrected chi connectivity index (χ3v) is 2.07. The highest BCUT2D eigenvalue weighted by Crippen LogP contribution is 2.08. The summed E-state index contributed by atoms with van der Waals surface area (Å²) < 4.78 is 0. The molecule has 0 bridgehead atoms. The molecule has 0 aliphatic carbocycles. The van der Waals surface area contributed by atoms with E-state index in [0.29, 0.717) is 0 Å². The van der Waals surface area contributed by atoms with Crippen molar-refractivity contribution in [3.05, 3.63) is 71.8 Å². The van der Waals surface area contributed by atoms with E-state index < -0.39 is 0 Å².